The van der Waals surface area contributed by atoms with Crippen molar-refractivity contribution in [2.75, 3.05) is 0 Å². The third-order valence-corrected chi connectivity index (χ3v) is 7.89. The molecule has 5 aromatic rings. The van der Waals surface area contributed by atoms with Crippen molar-refractivity contribution in [1.82, 2.24) is 20.2 Å². The molecule has 38 heavy (non-hydrogen) atoms. The largest absolute Gasteiger partial charge is 0.237 e. The Hall–Kier alpha value is -4.44. The first-order valence-corrected chi connectivity index (χ1v) is 13.3. The summed E-state index contributed by atoms with van der Waals surface area (Å²) in [6, 6.07) is 28.1. The van der Waals surface area contributed by atoms with Gasteiger partial charge < -0.3 is 0 Å². The van der Waals surface area contributed by atoms with E-state index in [0.717, 1.165) is 47.7 Å². The normalized spacial score (nSPS) is 15.7. The number of hydrogen-bond acceptors (Lipinski definition) is 4. The molecule has 7 rings (SSSR count). The molecule has 4 nitrogen and oxygen atoms in total. The van der Waals surface area contributed by atoms with Gasteiger partial charge in [-0.05, 0) is 95.8 Å². The molecular formula is C34H28N4. The first kappa shape index (κ1) is 22.7. The molecule has 2 aliphatic carbocycles. The number of fused-ring (bicyclic) bond motifs is 5. The van der Waals surface area contributed by atoms with Crippen LogP contribution in [0.2, 0.25) is 0 Å². The lowest BCUT2D eigenvalue weighted by atomic mass is 9.74. The Kier molecular flexibility index (Phi) is 5.47. The van der Waals surface area contributed by atoms with E-state index in [9.17, 15) is 0 Å². The van der Waals surface area contributed by atoms with Crippen LogP contribution < -0.4 is 0 Å². The first-order chi connectivity index (χ1) is 18.7. The monoisotopic (exact) mass is 492 g/mol. The summed E-state index contributed by atoms with van der Waals surface area (Å²) in [5, 5.41) is 8.60. The van der Waals surface area contributed by atoms with E-state index in [-0.39, 0.29) is 5.92 Å². The number of aromatic nitrogens is 4. The molecule has 0 fully saturated rings. The number of allylic oxidation sites excluding steroid dienone is 2. The molecule has 4 heteroatoms. The van der Waals surface area contributed by atoms with Gasteiger partial charge in [0.05, 0.1) is 11.6 Å². The standard InChI is InChI=1S/C34H28N4/c1-21-18-22(2)37-34(36-21)32-20-24(26-10-5-6-11-30(26)33-12-7-17-35-38-33)19-31-28-14-13-23-8-3-4-9-25(23)27(28)15-16-29(31)32/h3-12,15-18,20,32H,13-14,19H2,1-2H3. The van der Waals surface area contributed by atoms with Gasteiger partial charge in [0.15, 0.2) is 0 Å². The third kappa shape index (κ3) is 3.84. The molecule has 0 saturated heterocycles. The van der Waals surface area contributed by atoms with E-state index < -0.39 is 0 Å². The summed E-state index contributed by atoms with van der Waals surface area (Å²) in [6.07, 6.45) is 7.10. The van der Waals surface area contributed by atoms with Crippen LogP contribution in [0.15, 0.2) is 91.1 Å². The maximum atomic E-state index is 4.94. The topological polar surface area (TPSA) is 51.6 Å². The zero-order chi connectivity index (χ0) is 25.6. The first-order valence-electron chi connectivity index (χ1n) is 13.3. The Bertz CT molecular complexity index is 1700. The van der Waals surface area contributed by atoms with E-state index in [4.69, 9.17) is 9.97 Å². The minimum Gasteiger partial charge on any atom is -0.237 e. The summed E-state index contributed by atoms with van der Waals surface area (Å²) >= 11 is 0. The van der Waals surface area contributed by atoms with Crippen LogP contribution in [-0.4, -0.2) is 20.2 Å². The Balaban J connectivity index is 1.45. The van der Waals surface area contributed by atoms with Gasteiger partial charge in [0.1, 0.15) is 5.82 Å². The van der Waals surface area contributed by atoms with E-state index in [1.165, 1.54) is 44.5 Å². The SMILES string of the molecule is Cc1cc(C)nc(C2C=C(c3ccccc3-c3cccnn3)Cc3c2ccc2c3CCc3ccccc3-2)n1. The average molecular weight is 493 g/mol. The van der Waals surface area contributed by atoms with Gasteiger partial charge >= 0.3 is 0 Å². The lowest BCUT2D eigenvalue weighted by Crippen LogP contribution is -2.18. The van der Waals surface area contributed by atoms with E-state index in [2.05, 4.69) is 90.8 Å². The van der Waals surface area contributed by atoms with Gasteiger partial charge in [-0.1, -0.05) is 66.7 Å². The van der Waals surface area contributed by atoms with Crippen molar-refractivity contribution in [2.24, 2.45) is 0 Å². The van der Waals surface area contributed by atoms with Gasteiger partial charge in [0, 0.05) is 23.1 Å². The highest BCUT2D eigenvalue weighted by Crippen LogP contribution is 2.45. The summed E-state index contributed by atoms with van der Waals surface area (Å²) in [7, 11) is 0. The van der Waals surface area contributed by atoms with E-state index in [0.29, 0.717) is 0 Å². The summed E-state index contributed by atoms with van der Waals surface area (Å²) in [4.78, 5) is 9.87. The lowest BCUT2D eigenvalue weighted by molar-refractivity contribution is 0.819. The fraction of sp³-hybridized carbons (Fsp3) is 0.176. The number of aryl methyl sites for hydroxylation is 3. The Morgan fingerprint density at radius 2 is 1.45 bits per heavy atom. The summed E-state index contributed by atoms with van der Waals surface area (Å²) in [5.41, 5.74) is 14.9. The summed E-state index contributed by atoms with van der Waals surface area (Å²) in [6.45, 7) is 4.11. The highest BCUT2D eigenvalue weighted by Gasteiger charge is 2.30. The highest BCUT2D eigenvalue weighted by atomic mass is 15.1. The zero-order valence-corrected chi connectivity index (χ0v) is 21.6. The second-order valence-corrected chi connectivity index (χ2v) is 10.3. The maximum absolute atomic E-state index is 4.94. The molecule has 2 aromatic heterocycles. The molecule has 0 aliphatic heterocycles. The van der Waals surface area contributed by atoms with Crippen LogP contribution in [0.1, 0.15) is 50.9 Å². The maximum Gasteiger partial charge on any atom is 0.140 e. The Labute approximate surface area is 223 Å². The fourth-order valence-corrected chi connectivity index (χ4v) is 6.27. The third-order valence-electron chi connectivity index (χ3n) is 7.89. The molecule has 184 valence electrons. The molecule has 0 spiro atoms. The summed E-state index contributed by atoms with van der Waals surface area (Å²) in [5.74, 6) is 0.860. The molecule has 0 radical (unpaired) electrons. The van der Waals surface area contributed by atoms with Gasteiger partial charge in [-0.15, -0.1) is 0 Å². The minimum atomic E-state index is -0.00951. The molecule has 0 amide bonds. The van der Waals surface area contributed by atoms with Crippen LogP contribution in [-0.2, 0) is 19.3 Å². The van der Waals surface area contributed by atoms with Crippen molar-refractivity contribution >= 4 is 5.57 Å². The highest BCUT2D eigenvalue weighted by molar-refractivity contribution is 5.85. The van der Waals surface area contributed by atoms with Crippen LogP contribution in [0, 0.1) is 13.8 Å². The average Bonchev–Trinajstić information content (AvgIpc) is 2.96. The second kappa shape index (κ2) is 9.14. The van der Waals surface area contributed by atoms with Crippen molar-refractivity contribution in [2.45, 2.75) is 39.0 Å². The molecule has 2 heterocycles. The van der Waals surface area contributed by atoms with Gasteiger partial charge in [-0.2, -0.15) is 10.2 Å². The lowest BCUT2D eigenvalue weighted by Gasteiger charge is -2.31. The van der Waals surface area contributed by atoms with Crippen molar-refractivity contribution < 1.29 is 0 Å². The number of hydrogen-bond donors (Lipinski definition) is 0. The van der Waals surface area contributed by atoms with Crippen LogP contribution in [0.5, 0.6) is 0 Å². The van der Waals surface area contributed by atoms with Crippen molar-refractivity contribution in [3.8, 4) is 22.4 Å². The van der Waals surface area contributed by atoms with Gasteiger partial charge in [0.25, 0.3) is 0 Å². The van der Waals surface area contributed by atoms with Gasteiger partial charge in [0.2, 0.25) is 0 Å². The molecule has 1 unspecified atom stereocenters. The van der Waals surface area contributed by atoms with E-state index in [1.807, 2.05) is 18.2 Å². The molecular weight excluding hydrogens is 464 g/mol. The number of rotatable bonds is 3. The Morgan fingerprint density at radius 1 is 0.684 bits per heavy atom. The molecule has 0 N–H and O–H groups in total. The Morgan fingerprint density at radius 3 is 2.24 bits per heavy atom. The molecule has 1 atom stereocenters. The van der Waals surface area contributed by atoms with Crippen LogP contribution >= 0.6 is 0 Å². The van der Waals surface area contributed by atoms with E-state index in [1.54, 1.807) is 6.20 Å². The number of nitrogens with zero attached hydrogens (tertiary/aromatic N) is 4. The van der Waals surface area contributed by atoms with Gasteiger partial charge in [-0.3, -0.25) is 0 Å². The minimum absolute atomic E-state index is 0.00951. The van der Waals surface area contributed by atoms with E-state index >= 15 is 0 Å². The molecule has 2 aliphatic rings. The predicted octanol–water partition coefficient (Wildman–Crippen LogP) is 7.09. The van der Waals surface area contributed by atoms with Crippen LogP contribution in [0.3, 0.4) is 0 Å². The van der Waals surface area contributed by atoms with Crippen molar-refractivity contribution in [3.05, 3.63) is 136 Å². The van der Waals surface area contributed by atoms with Crippen molar-refractivity contribution in [3.63, 3.8) is 0 Å². The van der Waals surface area contributed by atoms with Crippen LogP contribution in [0.4, 0.5) is 0 Å². The molecule has 0 saturated carbocycles. The number of benzene rings is 3. The zero-order valence-electron chi connectivity index (χ0n) is 21.6. The molecule has 3 aromatic carbocycles. The second-order valence-electron chi connectivity index (χ2n) is 10.3. The van der Waals surface area contributed by atoms with Crippen LogP contribution in [0.25, 0.3) is 28.0 Å². The molecule has 0 bridgehead atoms. The smallest absolute Gasteiger partial charge is 0.140 e. The quantitative estimate of drug-likeness (QED) is 0.270. The predicted molar refractivity (Wildman–Crippen MR) is 152 cm³/mol. The van der Waals surface area contributed by atoms with Crippen molar-refractivity contribution in [1.29, 1.82) is 0 Å². The summed E-state index contributed by atoms with van der Waals surface area (Å²) < 4.78 is 0. The fourth-order valence-electron chi connectivity index (χ4n) is 6.27. The van der Waals surface area contributed by atoms with Gasteiger partial charge in [-0.25, -0.2) is 9.97 Å².